The average molecular weight is 148 g/mol. The van der Waals surface area contributed by atoms with E-state index < -0.39 is 0 Å². The quantitative estimate of drug-likeness (QED) is 0.417. The molecule has 0 atom stereocenters. The predicted molar refractivity (Wildman–Crippen MR) is 39.3 cm³/mol. The fraction of sp³-hybridized carbons (Fsp3) is 1.00. The second-order valence-electron chi connectivity index (χ2n) is 2.11. The van der Waals surface area contributed by atoms with Crippen molar-refractivity contribution >= 4 is 12.2 Å². The molecule has 0 saturated carbocycles. The Labute approximate surface area is 59.8 Å². The SMILES string of the molecule is OSN1CCCNCC1. The first-order valence-electron chi connectivity index (χ1n) is 3.20. The molecule has 0 spiro atoms. The van der Waals surface area contributed by atoms with E-state index in [4.69, 9.17) is 4.55 Å². The Morgan fingerprint density at radius 3 is 3.00 bits per heavy atom. The van der Waals surface area contributed by atoms with Gasteiger partial charge >= 0.3 is 0 Å². The molecule has 4 heteroatoms. The number of nitrogens with one attached hydrogen (secondary N) is 1. The Balaban J connectivity index is 2.18. The van der Waals surface area contributed by atoms with Gasteiger partial charge in [0.1, 0.15) is 0 Å². The van der Waals surface area contributed by atoms with Crippen LogP contribution in [0, 0.1) is 0 Å². The number of rotatable bonds is 1. The Bertz CT molecular complexity index is 73.4. The summed E-state index contributed by atoms with van der Waals surface area (Å²) in [5.41, 5.74) is 0. The zero-order valence-corrected chi connectivity index (χ0v) is 6.15. The minimum absolute atomic E-state index is 0.852. The van der Waals surface area contributed by atoms with Crippen molar-refractivity contribution in [3.63, 3.8) is 0 Å². The molecule has 0 aromatic heterocycles. The summed E-state index contributed by atoms with van der Waals surface area (Å²) in [4.78, 5) is 0. The highest BCUT2D eigenvalue weighted by Crippen LogP contribution is 2.05. The predicted octanol–water partition coefficient (Wildman–Crippen LogP) is 0.403. The molecule has 0 aromatic carbocycles. The first-order chi connectivity index (χ1) is 4.43. The lowest BCUT2D eigenvalue weighted by molar-refractivity contribution is 0.463. The summed E-state index contributed by atoms with van der Waals surface area (Å²) in [6.45, 7) is 4.01. The van der Waals surface area contributed by atoms with Crippen LogP contribution in [0.1, 0.15) is 6.42 Å². The van der Waals surface area contributed by atoms with Crippen LogP contribution < -0.4 is 5.32 Å². The maximum absolute atomic E-state index is 8.63. The third-order valence-corrected chi connectivity index (χ3v) is 2.01. The van der Waals surface area contributed by atoms with Gasteiger partial charge in [0.05, 0.1) is 12.2 Å². The normalized spacial score (nSPS) is 23.7. The van der Waals surface area contributed by atoms with Crippen LogP contribution in [0.4, 0.5) is 0 Å². The summed E-state index contributed by atoms with van der Waals surface area (Å²) in [5.74, 6) is 0. The highest BCUT2D eigenvalue weighted by Gasteiger charge is 2.06. The Kier molecular flexibility index (Phi) is 3.35. The summed E-state index contributed by atoms with van der Waals surface area (Å²) in [7, 11) is 0. The second kappa shape index (κ2) is 4.11. The van der Waals surface area contributed by atoms with Crippen LogP contribution in [0.15, 0.2) is 0 Å². The van der Waals surface area contributed by atoms with Crippen molar-refractivity contribution in [1.29, 1.82) is 0 Å². The van der Waals surface area contributed by atoms with E-state index in [1.807, 2.05) is 4.31 Å². The minimum atomic E-state index is 0.852. The molecule has 0 aromatic rings. The highest BCUT2D eigenvalue weighted by atomic mass is 32.2. The summed E-state index contributed by atoms with van der Waals surface area (Å²) >= 11 is 0.852. The summed E-state index contributed by atoms with van der Waals surface area (Å²) in [6.07, 6.45) is 1.13. The largest absolute Gasteiger partial charge is 0.317 e. The molecule has 54 valence electrons. The van der Waals surface area contributed by atoms with Crippen molar-refractivity contribution in [1.82, 2.24) is 9.62 Å². The molecule has 9 heavy (non-hydrogen) atoms. The third-order valence-electron chi connectivity index (χ3n) is 1.41. The highest BCUT2D eigenvalue weighted by molar-refractivity contribution is 7.91. The Morgan fingerprint density at radius 1 is 1.33 bits per heavy atom. The molecule has 1 heterocycles. The molecule has 1 saturated heterocycles. The lowest BCUT2D eigenvalue weighted by atomic mass is 10.4. The Hall–Kier alpha value is 0.230. The van der Waals surface area contributed by atoms with Crippen LogP contribution in [-0.4, -0.2) is 35.0 Å². The van der Waals surface area contributed by atoms with Crippen molar-refractivity contribution in [2.75, 3.05) is 26.2 Å². The van der Waals surface area contributed by atoms with Gasteiger partial charge in [-0.25, -0.2) is 4.31 Å². The summed E-state index contributed by atoms with van der Waals surface area (Å²) in [5, 5.41) is 3.25. The fourth-order valence-electron chi connectivity index (χ4n) is 0.903. The van der Waals surface area contributed by atoms with Crippen molar-refractivity contribution in [2.45, 2.75) is 6.42 Å². The van der Waals surface area contributed by atoms with E-state index in [1.54, 1.807) is 0 Å². The van der Waals surface area contributed by atoms with E-state index in [1.165, 1.54) is 0 Å². The van der Waals surface area contributed by atoms with Crippen LogP contribution in [-0.2, 0) is 0 Å². The molecular formula is C5H12N2OS. The van der Waals surface area contributed by atoms with E-state index in [2.05, 4.69) is 5.32 Å². The standard InChI is InChI=1S/C5H12N2OS/c8-9-7-4-1-2-6-3-5-7/h6,8H,1-5H2. The molecule has 0 bridgehead atoms. The number of nitrogens with zero attached hydrogens (tertiary/aromatic N) is 1. The lowest BCUT2D eigenvalue weighted by Crippen LogP contribution is -2.21. The fourth-order valence-corrected chi connectivity index (χ4v) is 1.29. The van der Waals surface area contributed by atoms with Gasteiger partial charge in [0.15, 0.2) is 0 Å². The third kappa shape index (κ3) is 2.53. The van der Waals surface area contributed by atoms with Crippen molar-refractivity contribution in [3.05, 3.63) is 0 Å². The maximum Gasteiger partial charge on any atom is 0.0790 e. The van der Waals surface area contributed by atoms with Crippen molar-refractivity contribution < 1.29 is 4.55 Å². The molecule has 0 radical (unpaired) electrons. The molecular weight excluding hydrogens is 136 g/mol. The summed E-state index contributed by atoms with van der Waals surface area (Å²) < 4.78 is 10.6. The van der Waals surface area contributed by atoms with Crippen LogP contribution in [0.25, 0.3) is 0 Å². The van der Waals surface area contributed by atoms with E-state index in [9.17, 15) is 0 Å². The van der Waals surface area contributed by atoms with Gasteiger partial charge < -0.3 is 9.87 Å². The van der Waals surface area contributed by atoms with Crippen LogP contribution >= 0.6 is 12.2 Å². The van der Waals surface area contributed by atoms with Gasteiger partial charge in [-0.05, 0) is 13.0 Å². The second-order valence-corrected chi connectivity index (χ2v) is 2.79. The lowest BCUT2D eigenvalue weighted by Gasteiger charge is -2.11. The molecule has 1 rings (SSSR count). The first kappa shape index (κ1) is 7.34. The van der Waals surface area contributed by atoms with E-state index in [0.29, 0.717) is 0 Å². The Morgan fingerprint density at radius 2 is 2.22 bits per heavy atom. The maximum atomic E-state index is 8.63. The molecule has 0 amide bonds. The zero-order valence-electron chi connectivity index (χ0n) is 5.34. The van der Waals surface area contributed by atoms with E-state index >= 15 is 0 Å². The topological polar surface area (TPSA) is 35.5 Å². The summed E-state index contributed by atoms with van der Waals surface area (Å²) in [6, 6.07) is 0. The van der Waals surface area contributed by atoms with Crippen LogP contribution in [0.5, 0.6) is 0 Å². The van der Waals surface area contributed by atoms with Crippen molar-refractivity contribution in [3.8, 4) is 0 Å². The van der Waals surface area contributed by atoms with Gasteiger partial charge in [-0.1, -0.05) is 0 Å². The number of hydrogen-bond acceptors (Lipinski definition) is 4. The van der Waals surface area contributed by atoms with Crippen LogP contribution in [0.2, 0.25) is 0 Å². The van der Waals surface area contributed by atoms with Gasteiger partial charge in [0.25, 0.3) is 0 Å². The molecule has 0 aliphatic carbocycles. The minimum Gasteiger partial charge on any atom is -0.317 e. The van der Waals surface area contributed by atoms with Gasteiger partial charge in [-0.15, -0.1) is 0 Å². The number of hydrogen-bond donors (Lipinski definition) is 2. The van der Waals surface area contributed by atoms with E-state index in [0.717, 1.165) is 44.8 Å². The molecule has 0 unspecified atom stereocenters. The monoisotopic (exact) mass is 148 g/mol. The van der Waals surface area contributed by atoms with Gasteiger partial charge in [0.2, 0.25) is 0 Å². The van der Waals surface area contributed by atoms with Crippen LogP contribution in [0.3, 0.4) is 0 Å². The first-order valence-corrected chi connectivity index (χ1v) is 3.94. The van der Waals surface area contributed by atoms with Gasteiger partial charge in [-0.3, -0.25) is 0 Å². The molecule has 1 fully saturated rings. The van der Waals surface area contributed by atoms with Gasteiger partial charge in [0, 0.05) is 19.6 Å². The van der Waals surface area contributed by atoms with Crippen molar-refractivity contribution in [2.24, 2.45) is 0 Å². The molecule has 1 aliphatic rings. The average Bonchev–Trinajstić information content (AvgIpc) is 2.13. The van der Waals surface area contributed by atoms with Gasteiger partial charge in [-0.2, -0.15) is 0 Å². The zero-order chi connectivity index (χ0) is 6.53. The molecule has 1 aliphatic heterocycles. The van der Waals surface area contributed by atoms with E-state index in [-0.39, 0.29) is 0 Å². The smallest absolute Gasteiger partial charge is 0.0790 e. The molecule has 2 N–H and O–H groups in total. The molecule has 3 nitrogen and oxygen atoms in total.